The molecule has 0 saturated heterocycles. The molecule has 3 unspecified atom stereocenters. The van der Waals surface area contributed by atoms with Gasteiger partial charge in [-0.05, 0) is 49.3 Å². The molecule has 152 valence electrons. The lowest BCUT2D eigenvalue weighted by molar-refractivity contribution is -0.145. The number of benzene rings is 1. The summed E-state index contributed by atoms with van der Waals surface area (Å²) in [7, 11) is 1.33. The maximum atomic E-state index is 12.6. The molecule has 1 aromatic carbocycles. The lowest BCUT2D eigenvalue weighted by atomic mass is 9.96. The first kappa shape index (κ1) is 23.3. The molecule has 4 N–H and O–H groups in total. The molecule has 0 heterocycles. The van der Waals surface area contributed by atoms with Gasteiger partial charge in [-0.2, -0.15) is 11.8 Å². The Morgan fingerprint density at radius 1 is 1.22 bits per heavy atom. The van der Waals surface area contributed by atoms with Crippen LogP contribution in [-0.2, 0) is 20.7 Å². The van der Waals surface area contributed by atoms with Gasteiger partial charge in [-0.3, -0.25) is 4.79 Å². The van der Waals surface area contributed by atoms with Crippen molar-refractivity contribution in [2.75, 3.05) is 24.4 Å². The van der Waals surface area contributed by atoms with E-state index in [2.05, 4.69) is 24.5 Å². The first-order chi connectivity index (χ1) is 12.8. The molecule has 0 aliphatic heterocycles. The van der Waals surface area contributed by atoms with Crippen molar-refractivity contribution in [3.8, 4) is 0 Å². The monoisotopic (exact) mass is 395 g/mol. The van der Waals surface area contributed by atoms with E-state index in [9.17, 15) is 9.59 Å². The molecule has 6 nitrogen and oxygen atoms in total. The minimum atomic E-state index is -0.635. The highest BCUT2D eigenvalue weighted by Crippen LogP contribution is 2.19. The maximum Gasteiger partial charge on any atom is 0.328 e. The Kier molecular flexibility index (Phi) is 10.3. The predicted octanol–water partition coefficient (Wildman–Crippen LogP) is 2.42. The van der Waals surface area contributed by atoms with Crippen molar-refractivity contribution >= 4 is 29.3 Å². The molecule has 1 amide bonds. The number of ether oxygens (including phenoxy) is 1. The van der Waals surface area contributed by atoms with Crippen LogP contribution in [0.5, 0.6) is 0 Å². The van der Waals surface area contributed by atoms with Gasteiger partial charge in [-0.15, -0.1) is 0 Å². The number of rotatable bonds is 11. The number of hydrogen-bond donors (Lipinski definition) is 3. The minimum absolute atomic E-state index is 0.0485. The van der Waals surface area contributed by atoms with Crippen molar-refractivity contribution in [2.24, 2.45) is 11.7 Å². The van der Waals surface area contributed by atoms with Crippen LogP contribution in [0.1, 0.15) is 32.8 Å². The second-order valence-electron chi connectivity index (χ2n) is 7.00. The molecule has 0 aliphatic carbocycles. The summed E-state index contributed by atoms with van der Waals surface area (Å²) in [6, 6.07) is 6.77. The highest BCUT2D eigenvalue weighted by atomic mass is 32.2. The third kappa shape index (κ3) is 7.81. The van der Waals surface area contributed by atoms with E-state index in [0.29, 0.717) is 12.3 Å². The van der Waals surface area contributed by atoms with E-state index in [4.69, 9.17) is 10.5 Å². The second-order valence-corrected chi connectivity index (χ2v) is 7.99. The van der Waals surface area contributed by atoms with Crippen LogP contribution >= 0.6 is 11.8 Å². The van der Waals surface area contributed by atoms with Crippen LogP contribution in [0.2, 0.25) is 0 Å². The number of carbonyl (C=O) groups is 2. The van der Waals surface area contributed by atoms with Gasteiger partial charge in [0.25, 0.3) is 0 Å². The number of methoxy groups -OCH3 is 1. The van der Waals surface area contributed by atoms with E-state index in [0.717, 1.165) is 23.4 Å². The van der Waals surface area contributed by atoms with Crippen LogP contribution in [0.25, 0.3) is 0 Å². The van der Waals surface area contributed by atoms with E-state index < -0.39 is 18.1 Å². The molecule has 7 heteroatoms. The van der Waals surface area contributed by atoms with Gasteiger partial charge in [0.2, 0.25) is 5.91 Å². The fourth-order valence-corrected chi connectivity index (χ4v) is 3.02. The van der Waals surface area contributed by atoms with Crippen molar-refractivity contribution in [2.45, 2.75) is 51.7 Å². The smallest absolute Gasteiger partial charge is 0.328 e. The van der Waals surface area contributed by atoms with Gasteiger partial charge in [0.1, 0.15) is 12.1 Å². The van der Waals surface area contributed by atoms with Gasteiger partial charge >= 0.3 is 5.97 Å². The van der Waals surface area contributed by atoms with Gasteiger partial charge in [0, 0.05) is 11.7 Å². The molecular formula is C20H33N3O3S. The molecule has 0 saturated carbocycles. The quantitative estimate of drug-likeness (QED) is 0.498. The summed E-state index contributed by atoms with van der Waals surface area (Å²) < 4.78 is 4.80. The number of para-hydroxylation sites is 1. The van der Waals surface area contributed by atoms with E-state index in [1.165, 1.54) is 7.11 Å². The number of esters is 1. The number of nitrogens with two attached hydrogens (primary N) is 1. The average molecular weight is 396 g/mol. The highest BCUT2D eigenvalue weighted by Gasteiger charge is 2.24. The van der Waals surface area contributed by atoms with Crippen LogP contribution in [0.15, 0.2) is 24.3 Å². The van der Waals surface area contributed by atoms with Crippen molar-refractivity contribution in [1.82, 2.24) is 5.32 Å². The summed E-state index contributed by atoms with van der Waals surface area (Å²) >= 11 is 1.62. The number of anilines is 1. The second kappa shape index (κ2) is 11.9. The zero-order valence-electron chi connectivity index (χ0n) is 17.0. The summed E-state index contributed by atoms with van der Waals surface area (Å²) in [5.41, 5.74) is 8.17. The molecule has 1 rings (SSSR count). The third-order valence-electron chi connectivity index (χ3n) is 4.51. The fraction of sp³-hybridized carbons (Fsp3) is 0.600. The lowest BCUT2D eigenvalue weighted by Gasteiger charge is -2.23. The number of amides is 1. The highest BCUT2D eigenvalue weighted by molar-refractivity contribution is 7.98. The minimum Gasteiger partial charge on any atom is -0.467 e. The summed E-state index contributed by atoms with van der Waals surface area (Å²) in [6.45, 7) is 5.97. The summed E-state index contributed by atoms with van der Waals surface area (Å²) in [4.78, 5) is 24.5. The van der Waals surface area contributed by atoms with Gasteiger partial charge in [0.15, 0.2) is 0 Å². The molecule has 0 aromatic heterocycles. The predicted molar refractivity (Wildman–Crippen MR) is 113 cm³/mol. The summed E-state index contributed by atoms with van der Waals surface area (Å²) in [5, 5.41) is 6.04. The Morgan fingerprint density at radius 3 is 2.48 bits per heavy atom. The Morgan fingerprint density at radius 2 is 1.89 bits per heavy atom. The number of hydrogen-bond acceptors (Lipinski definition) is 6. The van der Waals surface area contributed by atoms with E-state index in [1.807, 2.05) is 30.5 Å². The Labute approximate surface area is 167 Å². The van der Waals surface area contributed by atoms with E-state index >= 15 is 0 Å². The first-order valence-corrected chi connectivity index (χ1v) is 10.7. The normalized spacial score (nSPS) is 14.3. The van der Waals surface area contributed by atoms with Crippen LogP contribution in [0.4, 0.5) is 5.69 Å². The van der Waals surface area contributed by atoms with Gasteiger partial charge in [0.05, 0.1) is 7.11 Å². The summed E-state index contributed by atoms with van der Waals surface area (Å²) in [5.74, 6) is 0.469. The largest absolute Gasteiger partial charge is 0.467 e. The van der Waals surface area contributed by atoms with Crippen molar-refractivity contribution in [3.63, 3.8) is 0 Å². The Balaban J connectivity index is 2.78. The van der Waals surface area contributed by atoms with Crippen LogP contribution in [0, 0.1) is 5.92 Å². The van der Waals surface area contributed by atoms with Gasteiger partial charge < -0.3 is 21.1 Å². The van der Waals surface area contributed by atoms with Crippen molar-refractivity contribution < 1.29 is 14.3 Å². The van der Waals surface area contributed by atoms with Gasteiger partial charge in [-0.25, -0.2) is 4.79 Å². The number of thioether (sulfide) groups is 1. The zero-order valence-corrected chi connectivity index (χ0v) is 17.8. The van der Waals surface area contributed by atoms with Crippen LogP contribution in [-0.4, -0.2) is 49.1 Å². The molecule has 0 fully saturated rings. The molecule has 0 radical (unpaired) electrons. The SMILES string of the molecule is COC(=O)C(CCSC)NC(=O)C(C)Nc1ccccc1CC(N)C(C)C. The van der Waals surface area contributed by atoms with E-state index in [1.54, 1.807) is 18.7 Å². The molecule has 27 heavy (non-hydrogen) atoms. The lowest BCUT2D eigenvalue weighted by Crippen LogP contribution is -2.47. The third-order valence-corrected chi connectivity index (χ3v) is 5.15. The summed E-state index contributed by atoms with van der Waals surface area (Å²) in [6.07, 6.45) is 3.22. The standard InChI is InChI=1S/C20H33N3O3S/c1-13(2)16(21)12-15-8-6-7-9-17(15)22-14(3)19(24)23-18(10-11-27-5)20(25)26-4/h6-9,13-14,16,18,22H,10-12,21H2,1-5H3,(H,23,24). The topological polar surface area (TPSA) is 93.4 Å². The first-order valence-electron chi connectivity index (χ1n) is 9.27. The molecule has 3 atom stereocenters. The van der Waals surface area contributed by atoms with Gasteiger partial charge in [-0.1, -0.05) is 32.0 Å². The molecule has 0 bridgehead atoms. The Hall–Kier alpha value is -1.73. The fourth-order valence-electron chi connectivity index (χ4n) is 2.55. The van der Waals surface area contributed by atoms with Crippen LogP contribution in [0.3, 0.4) is 0 Å². The van der Waals surface area contributed by atoms with E-state index in [-0.39, 0.29) is 11.9 Å². The molecule has 0 aliphatic rings. The number of nitrogens with one attached hydrogen (secondary N) is 2. The van der Waals surface area contributed by atoms with Crippen molar-refractivity contribution in [1.29, 1.82) is 0 Å². The molecular weight excluding hydrogens is 362 g/mol. The molecule has 1 aromatic rings. The number of carbonyl (C=O) groups excluding carboxylic acids is 2. The molecule has 0 spiro atoms. The Bertz CT molecular complexity index is 610. The maximum absolute atomic E-state index is 12.6. The zero-order chi connectivity index (χ0) is 20.4. The van der Waals surface area contributed by atoms with Crippen molar-refractivity contribution in [3.05, 3.63) is 29.8 Å². The van der Waals surface area contributed by atoms with Crippen LogP contribution < -0.4 is 16.4 Å². The average Bonchev–Trinajstić information content (AvgIpc) is 2.65.